The Morgan fingerprint density at radius 3 is 2.48 bits per heavy atom. The molecule has 8 heteroatoms. The zero-order valence-electron chi connectivity index (χ0n) is 16.1. The van der Waals surface area contributed by atoms with Gasteiger partial charge in [0.05, 0.1) is 29.6 Å². The molecule has 1 aliphatic rings. The molecule has 0 radical (unpaired) electrons. The molecule has 1 aromatic rings. The summed E-state index contributed by atoms with van der Waals surface area (Å²) in [5, 5.41) is 0.913. The Hall–Kier alpha value is -1.50. The van der Waals surface area contributed by atoms with E-state index in [1.807, 2.05) is 11.0 Å². The van der Waals surface area contributed by atoms with E-state index in [0.717, 1.165) is 18.7 Å². The minimum absolute atomic E-state index is 0.0232. The highest BCUT2D eigenvalue weighted by Gasteiger charge is 2.33. The van der Waals surface area contributed by atoms with Crippen LogP contribution in [-0.2, 0) is 16.0 Å². The van der Waals surface area contributed by atoms with Gasteiger partial charge in [-0.1, -0.05) is 43.1 Å². The van der Waals surface area contributed by atoms with Crippen LogP contribution >= 0.6 is 23.2 Å². The van der Waals surface area contributed by atoms with Crippen molar-refractivity contribution in [3.05, 3.63) is 33.8 Å². The van der Waals surface area contributed by atoms with Gasteiger partial charge in [-0.05, 0) is 30.8 Å². The molecule has 0 bridgehead atoms. The van der Waals surface area contributed by atoms with Gasteiger partial charge in [0.25, 0.3) is 0 Å². The number of halogens is 2. The van der Waals surface area contributed by atoms with Crippen molar-refractivity contribution >= 4 is 35.2 Å². The number of carbonyl (C=O) groups excluding carboxylic acids is 2. The van der Waals surface area contributed by atoms with Crippen LogP contribution in [0.5, 0.6) is 0 Å². The Morgan fingerprint density at radius 1 is 1.19 bits per heavy atom. The first-order valence-electron chi connectivity index (χ1n) is 9.18. The third kappa shape index (κ3) is 5.74. The van der Waals surface area contributed by atoms with Gasteiger partial charge in [0.15, 0.2) is 0 Å². The number of likely N-dealkylation sites (N-methyl/N-ethyl adjacent to an activating group) is 1. The molecule has 1 aromatic carbocycles. The third-order valence-corrected chi connectivity index (χ3v) is 5.68. The molecular weight excluding hydrogens is 389 g/mol. The van der Waals surface area contributed by atoms with E-state index in [4.69, 9.17) is 27.9 Å². The molecule has 0 unspecified atom stereocenters. The van der Waals surface area contributed by atoms with E-state index in [0.29, 0.717) is 36.2 Å². The Bertz CT molecular complexity index is 668. The Kier molecular flexibility index (Phi) is 8.20. The van der Waals surface area contributed by atoms with Gasteiger partial charge in [0.2, 0.25) is 5.91 Å². The van der Waals surface area contributed by atoms with Crippen molar-refractivity contribution in [3.63, 3.8) is 0 Å². The van der Waals surface area contributed by atoms with E-state index in [9.17, 15) is 9.59 Å². The van der Waals surface area contributed by atoms with Crippen LogP contribution in [0.15, 0.2) is 18.2 Å². The molecule has 27 heavy (non-hydrogen) atoms. The van der Waals surface area contributed by atoms with Crippen molar-refractivity contribution in [2.75, 3.05) is 46.4 Å². The first kappa shape index (κ1) is 21.8. The Balaban J connectivity index is 2.13. The number of nitrogens with zero attached hydrogens (tertiary/aromatic N) is 3. The van der Waals surface area contributed by atoms with Crippen molar-refractivity contribution in [1.82, 2.24) is 14.7 Å². The van der Waals surface area contributed by atoms with Gasteiger partial charge in [-0.25, -0.2) is 4.79 Å². The molecule has 6 nitrogen and oxygen atoms in total. The molecule has 0 aliphatic carbocycles. The van der Waals surface area contributed by atoms with E-state index in [1.54, 1.807) is 17.0 Å². The molecule has 0 aromatic heterocycles. The highest BCUT2D eigenvalue weighted by Crippen LogP contribution is 2.23. The third-order valence-electron chi connectivity index (χ3n) is 4.94. The van der Waals surface area contributed by atoms with Crippen LogP contribution in [0.1, 0.15) is 19.4 Å². The SMILES string of the molecule is CCN(CC)C[C@@H]1CN(C(=O)OC)CCN1C(=O)Cc1ccc(Cl)c(Cl)c1. The molecule has 1 atom stereocenters. The molecule has 1 aliphatic heterocycles. The normalized spacial score (nSPS) is 17.3. The van der Waals surface area contributed by atoms with E-state index in [-0.39, 0.29) is 24.5 Å². The average Bonchev–Trinajstić information content (AvgIpc) is 2.68. The van der Waals surface area contributed by atoms with E-state index in [2.05, 4.69) is 18.7 Å². The number of piperazine rings is 1. The zero-order valence-corrected chi connectivity index (χ0v) is 17.6. The maximum atomic E-state index is 13.0. The predicted molar refractivity (Wildman–Crippen MR) is 107 cm³/mol. The van der Waals surface area contributed by atoms with E-state index >= 15 is 0 Å². The summed E-state index contributed by atoms with van der Waals surface area (Å²) < 4.78 is 4.85. The fourth-order valence-electron chi connectivity index (χ4n) is 3.34. The fraction of sp³-hybridized carbons (Fsp3) is 0.579. The molecule has 0 spiro atoms. The first-order chi connectivity index (χ1) is 12.9. The highest BCUT2D eigenvalue weighted by atomic mass is 35.5. The number of amides is 2. The number of ether oxygens (including phenoxy) is 1. The number of rotatable bonds is 6. The first-order valence-corrected chi connectivity index (χ1v) is 9.93. The van der Waals surface area contributed by atoms with Gasteiger partial charge in [-0.15, -0.1) is 0 Å². The van der Waals surface area contributed by atoms with Crippen LogP contribution in [-0.4, -0.2) is 79.1 Å². The quantitative estimate of drug-likeness (QED) is 0.715. The van der Waals surface area contributed by atoms with Gasteiger partial charge in [0, 0.05) is 26.2 Å². The van der Waals surface area contributed by atoms with Gasteiger partial charge in [0.1, 0.15) is 0 Å². The zero-order chi connectivity index (χ0) is 20.0. The van der Waals surface area contributed by atoms with E-state index in [1.165, 1.54) is 7.11 Å². The topological polar surface area (TPSA) is 53.1 Å². The number of carbonyl (C=O) groups is 2. The number of hydrogen-bond donors (Lipinski definition) is 0. The maximum absolute atomic E-state index is 13.0. The number of hydrogen-bond acceptors (Lipinski definition) is 4. The molecule has 0 saturated carbocycles. The lowest BCUT2D eigenvalue weighted by molar-refractivity contribution is -0.135. The van der Waals surface area contributed by atoms with Crippen LogP contribution in [0.25, 0.3) is 0 Å². The Morgan fingerprint density at radius 2 is 1.89 bits per heavy atom. The van der Waals surface area contributed by atoms with Crippen molar-refractivity contribution in [3.8, 4) is 0 Å². The van der Waals surface area contributed by atoms with Gasteiger partial charge in [-0.2, -0.15) is 0 Å². The summed E-state index contributed by atoms with van der Waals surface area (Å²) in [6, 6.07) is 5.17. The minimum atomic E-state index is -0.351. The molecular formula is C19H27Cl2N3O3. The predicted octanol–water partition coefficient (Wildman–Crippen LogP) is 3.16. The molecule has 1 saturated heterocycles. The minimum Gasteiger partial charge on any atom is -0.453 e. The largest absolute Gasteiger partial charge is 0.453 e. The smallest absolute Gasteiger partial charge is 0.409 e. The maximum Gasteiger partial charge on any atom is 0.409 e. The number of benzene rings is 1. The summed E-state index contributed by atoms with van der Waals surface area (Å²) in [6.45, 7) is 8.10. The summed E-state index contributed by atoms with van der Waals surface area (Å²) >= 11 is 12.0. The molecule has 1 heterocycles. The second kappa shape index (κ2) is 10.2. The lowest BCUT2D eigenvalue weighted by Crippen LogP contribution is -2.60. The lowest BCUT2D eigenvalue weighted by atomic mass is 10.1. The van der Waals surface area contributed by atoms with E-state index < -0.39 is 0 Å². The van der Waals surface area contributed by atoms with Crippen LogP contribution in [0.3, 0.4) is 0 Å². The second-order valence-electron chi connectivity index (χ2n) is 6.57. The average molecular weight is 416 g/mol. The van der Waals surface area contributed by atoms with Gasteiger partial charge >= 0.3 is 6.09 Å². The van der Waals surface area contributed by atoms with Crippen molar-refractivity contribution < 1.29 is 14.3 Å². The van der Waals surface area contributed by atoms with Crippen LogP contribution < -0.4 is 0 Å². The molecule has 150 valence electrons. The summed E-state index contributed by atoms with van der Waals surface area (Å²) in [4.78, 5) is 30.7. The summed E-state index contributed by atoms with van der Waals surface area (Å²) in [5.41, 5.74) is 0.825. The van der Waals surface area contributed by atoms with Crippen molar-refractivity contribution in [2.45, 2.75) is 26.3 Å². The summed E-state index contributed by atoms with van der Waals surface area (Å²) in [6.07, 6.45) is -0.0970. The summed E-state index contributed by atoms with van der Waals surface area (Å²) in [5.74, 6) is 0.0232. The van der Waals surface area contributed by atoms with Crippen molar-refractivity contribution in [2.24, 2.45) is 0 Å². The van der Waals surface area contributed by atoms with Crippen molar-refractivity contribution in [1.29, 1.82) is 0 Å². The second-order valence-corrected chi connectivity index (χ2v) is 7.38. The van der Waals surface area contributed by atoms with Gasteiger partial charge in [-0.3, -0.25) is 4.79 Å². The summed E-state index contributed by atoms with van der Waals surface area (Å²) in [7, 11) is 1.38. The monoisotopic (exact) mass is 415 g/mol. The highest BCUT2D eigenvalue weighted by molar-refractivity contribution is 6.42. The van der Waals surface area contributed by atoms with Crippen LogP contribution in [0.4, 0.5) is 4.79 Å². The molecule has 1 fully saturated rings. The Labute approximate surface area is 170 Å². The molecule has 2 amide bonds. The van der Waals surface area contributed by atoms with Crippen LogP contribution in [0, 0.1) is 0 Å². The van der Waals surface area contributed by atoms with Gasteiger partial charge < -0.3 is 19.4 Å². The lowest BCUT2D eigenvalue weighted by Gasteiger charge is -2.42. The molecule has 2 rings (SSSR count). The fourth-order valence-corrected chi connectivity index (χ4v) is 3.66. The number of methoxy groups -OCH3 is 1. The molecule has 0 N–H and O–H groups in total. The standard InChI is InChI=1S/C19H27Cl2N3O3/c1-4-22(5-2)12-15-13-23(19(26)27-3)8-9-24(15)18(25)11-14-6-7-16(20)17(21)10-14/h6-7,10,15H,4-5,8-9,11-13H2,1-3H3/t15-/m1/s1. The van der Waals surface area contributed by atoms with Crippen LogP contribution in [0.2, 0.25) is 10.0 Å².